The van der Waals surface area contributed by atoms with Gasteiger partial charge in [0.25, 0.3) is 5.91 Å². The number of nitrogens with zero attached hydrogens (tertiary/aromatic N) is 2. The van der Waals surface area contributed by atoms with Gasteiger partial charge in [-0.05, 0) is 49.3 Å². The zero-order chi connectivity index (χ0) is 13.8. The second kappa shape index (κ2) is 6.33. The Morgan fingerprint density at radius 2 is 2.05 bits per heavy atom. The highest BCUT2D eigenvalue weighted by Gasteiger charge is 2.19. The van der Waals surface area contributed by atoms with Crippen molar-refractivity contribution in [2.24, 2.45) is 11.8 Å². The van der Waals surface area contributed by atoms with Gasteiger partial charge >= 0.3 is 0 Å². The molecule has 1 aromatic heterocycles. The fourth-order valence-corrected chi connectivity index (χ4v) is 2.73. The topological polar surface area (TPSA) is 54.9 Å². The Kier molecular flexibility index (Phi) is 4.75. The van der Waals surface area contributed by atoms with Gasteiger partial charge in [-0.3, -0.25) is 4.79 Å². The average molecular weight is 282 g/mol. The van der Waals surface area contributed by atoms with Crippen molar-refractivity contribution in [3.05, 3.63) is 22.7 Å². The maximum atomic E-state index is 12.0. The third-order valence-corrected chi connectivity index (χ3v) is 3.92. The molecule has 0 spiro atoms. The van der Waals surface area contributed by atoms with Gasteiger partial charge in [-0.2, -0.15) is 0 Å². The fourth-order valence-electron chi connectivity index (χ4n) is 2.51. The summed E-state index contributed by atoms with van der Waals surface area (Å²) in [6.07, 6.45) is 4.92. The first kappa shape index (κ1) is 14.3. The number of aromatic nitrogens is 2. The van der Waals surface area contributed by atoms with Gasteiger partial charge in [0.2, 0.25) is 5.28 Å². The number of aryl methyl sites for hydroxylation is 1. The minimum Gasteiger partial charge on any atom is -0.350 e. The van der Waals surface area contributed by atoms with Crippen LogP contribution in [0.15, 0.2) is 6.07 Å². The molecule has 5 heteroatoms. The molecular weight excluding hydrogens is 262 g/mol. The maximum absolute atomic E-state index is 12.0. The summed E-state index contributed by atoms with van der Waals surface area (Å²) in [5.41, 5.74) is 1.05. The molecule has 1 N–H and O–H groups in total. The monoisotopic (exact) mass is 281 g/mol. The van der Waals surface area contributed by atoms with Gasteiger partial charge < -0.3 is 5.32 Å². The average Bonchev–Trinajstić information content (AvgIpc) is 2.36. The van der Waals surface area contributed by atoms with Crippen LogP contribution in [0.25, 0.3) is 0 Å². The first-order chi connectivity index (χ1) is 9.04. The Labute approximate surface area is 119 Å². The molecule has 1 aromatic rings. The van der Waals surface area contributed by atoms with Crippen molar-refractivity contribution in [2.75, 3.05) is 6.54 Å². The van der Waals surface area contributed by atoms with Gasteiger partial charge in [-0.25, -0.2) is 9.97 Å². The lowest BCUT2D eigenvalue weighted by atomic mass is 9.83. The molecule has 0 aliphatic heterocycles. The molecule has 1 saturated carbocycles. The number of carbonyl (C=O) groups excluding carboxylic acids is 1. The number of halogens is 1. The van der Waals surface area contributed by atoms with Crippen molar-refractivity contribution in [1.82, 2.24) is 15.3 Å². The Morgan fingerprint density at radius 3 is 2.68 bits per heavy atom. The SMILES string of the molecule is Cc1cc(C(=O)NCC2CCC(C)CC2)nc(Cl)n1. The molecule has 0 saturated heterocycles. The summed E-state index contributed by atoms with van der Waals surface area (Å²) < 4.78 is 0. The highest BCUT2D eigenvalue weighted by Crippen LogP contribution is 2.27. The van der Waals surface area contributed by atoms with E-state index < -0.39 is 0 Å². The van der Waals surface area contributed by atoms with Crippen molar-refractivity contribution in [3.8, 4) is 0 Å². The van der Waals surface area contributed by atoms with Crippen LogP contribution in [0.1, 0.15) is 48.8 Å². The van der Waals surface area contributed by atoms with E-state index in [1.54, 1.807) is 13.0 Å². The van der Waals surface area contributed by atoms with Crippen LogP contribution in [0.3, 0.4) is 0 Å². The Bertz CT molecular complexity index is 436. The molecule has 0 aromatic carbocycles. The number of rotatable bonds is 3. The molecule has 19 heavy (non-hydrogen) atoms. The van der Waals surface area contributed by atoms with Crippen molar-refractivity contribution in [3.63, 3.8) is 0 Å². The van der Waals surface area contributed by atoms with Gasteiger partial charge in [0, 0.05) is 12.2 Å². The second-order valence-electron chi connectivity index (χ2n) is 5.50. The summed E-state index contributed by atoms with van der Waals surface area (Å²) in [7, 11) is 0. The van der Waals surface area contributed by atoms with E-state index in [-0.39, 0.29) is 11.2 Å². The molecule has 1 fully saturated rings. The van der Waals surface area contributed by atoms with Crippen LogP contribution in [-0.2, 0) is 0 Å². The summed E-state index contributed by atoms with van der Waals surface area (Å²) in [5, 5.41) is 3.07. The second-order valence-corrected chi connectivity index (χ2v) is 5.84. The fraction of sp³-hybridized carbons (Fsp3) is 0.643. The molecule has 4 nitrogen and oxygen atoms in total. The molecular formula is C14H20ClN3O. The molecule has 104 valence electrons. The van der Waals surface area contributed by atoms with Gasteiger partial charge in [0.15, 0.2) is 0 Å². The molecule has 0 radical (unpaired) electrons. The van der Waals surface area contributed by atoms with Crippen molar-refractivity contribution >= 4 is 17.5 Å². The number of nitrogens with one attached hydrogen (secondary N) is 1. The Hall–Kier alpha value is -1.16. The maximum Gasteiger partial charge on any atom is 0.270 e. The van der Waals surface area contributed by atoms with E-state index in [4.69, 9.17) is 11.6 Å². The van der Waals surface area contributed by atoms with Crippen LogP contribution in [-0.4, -0.2) is 22.4 Å². The third-order valence-electron chi connectivity index (χ3n) is 3.75. The summed E-state index contributed by atoms with van der Waals surface area (Å²) in [6, 6.07) is 1.66. The molecule has 0 atom stereocenters. The van der Waals surface area contributed by atoms with Crippen LogP contribution in [0, 0.1) is 18.8 Å². The molecule has 1 aliphatic carbocycles. The summed E-state index contributed by atoms with van der Waals surface area (Å²) in [5.74, 6) is 1.26. The molecule has 0 bridgehead atoms. The predicted molar refractivity (Wildman–Crippen MR) is 75.2 cm³/mol. The minimum absolute atomic E-state index is 0.122. The van der Waals surface area contributed by atoms with E-state index in [0.717, 1.165) is 12.5 Å². The normalized spacial score (nSPS) is 23.1. The van der Waals surface area contributed by atoms with Crippen LogP contribution in [0.5, 0.6) is 0 Å². The zero-order valence-electron chi connectivity index (χ0n) is 11.4. The van der Waals surface area contributed by atoms with Crippen LogP contribution in [0.2, 0.25) is 5.28 Å². The smallest absolute Gasteiger partial charge is 0.270 e. The van der Waals surface area contributed by atoms with E-state index in [9.17, 15) is 4.79 Å². The van der Waals surface area contributed by atoms with Gasteiger partial charge in [-0.15, -0.1) is 0 Å². The van der Waals surface area contributed by atoms with Crippen molar-refractivity contribution in [1.29, 1.82) is 0 Å². The molecule has 2 rings (SSSR count). The quantitative estimate of drug-likeness (QED) is 0.867. The number of carbonyl (C=O) groups is 1. The van der Waals surface area contributed by atoms with Gasteiger partial charge in [-0.1, -0.05) is 19.8 Å². The first-order valence-corrected chi connectivity index (χ1v) is 7.21. The van der Waals surface area contributed by atoms with E-state index in [1.807, 2.05) is 0 Å². The third kappa shape index (κ3) is 4.16. The Morgan fingerprint density at radius 1 is 1.37 bits per heavy atom. The summed E-state index contributed by atoms with van der Waals surface area (Å²) >= 11 is 5.76. The number of hydrogen-bond donors (Lipinski definition) is 1. The lowest BCUT2D eigenvalue weighted by Gasteiger charge is -2.26. The minimum atomic E-state index is -0.161. The van der Waals surface area contributed by atoms with Gasteiger partial charge in [0.05, 0.1) is 0 Å². The van der Waals surface area contributed by atoms with Crippen molar-refractivity contribution < 1.29 is 4.79 Å². The summed E-state index contributed by atoms with van der Waals surface area (Å²) in [6.45, 7) is 4.82. The van der Waals surface area contributed by atoms with E-state index in [1.165, 1.54) is 25.7 Å². The van der Waals surface area contributed by atoms with E-state index >= 15 is 0 Å². The highest BCUT2D eigenvalue weighted by atomic mass is 35.5. The zero-order valence-corrected chi connectivity index (χ0v) is 12.2. The van der Waals surface area contributed by atoms with Crippen LogP contribution in [0.4, 0.5) is 0 Å². The highest BCUT2D eigenvalue weighted by molar-refractivity contribution is 6.28. The number of amides is 1. The summed E-state index contributed by atoms with van der Waals surface area (Å²) in [4.78, 5) is 19.9. The first-order valence-electron chi connectivity index (χ1n) is 6.84. The van der Waals surface area contributed by atoms with Crippen LogP contribution >= 0.6 is 11.6 Å². The van der Waals surface area contributed by atoms with E-state index in [0.29, 0.717) is 17.3 Å². The molecule has 1 aliphatic rings. The lowest BCUT2D eigenvalue weighted by molar-refractivity contribution is 0.0936. The lowest BCUT2D eigenvalue weighted by Crippen LogP contribution is -2.31. The predicted octanol–water partition coefficient (Wildman–Crippen LogP) is 2.99. The largest absolute Gasteiger partial charge is 0.350 e. The molecule has 1 heterocycles. The number of hydrogen-bond acceptors (Lipinski definition) is 3. The van der Waals surface area contributed by atoms with E-state index in [2.05, 4.69) is 22.2 Å². The van der Waals surface area contributed by atoms with Gasteiger partial charge in [0.1, 0.15) is 5.69 Å². The Balaban J connectivity index is 1.87. The van der Waals surface area contributed by atoms with Crippen LogP contribution < -0.4 is 5.32 Å². The molecule has 1 amide bonds. The standard InChI is InChI=1S/C14H20ClN3O/c1-9-3-5-11(6-4-9)8-16-13(19)12-7-10(2)17-14(15)18-12/h7,9,11H,3-6,8H2,1-2H3,(H,16,19). The molecule has 0 unspecified atom stereocenters. The van der Waals surface area contributed by atoms with Crippen molar-refractivity contribution in [2.45, 2.75) is 39.5 Å².